The number of hydrogen-bond acceptors (Lipinski definition) is 4. The number of benzene rings is 1. The predicted octanol–water partition coefficient (Wildman–Crippen LogP) is 2.60. The van der Waals surface area contributed by atoms with E-state index >= 15 is 0 Å². The van der Waals surface area contributed by atoms with Crippen LogP contribution in [0, 0.1) is 5.92 Å². The van der Waals surface area contributed by atoms with Crippen molar-refractivity contribution in [1.29, 1.82) is 0 Å². The van der Waals surface area contributed by atoms with Gasteiger partial charge in [0.2, 0.25) is 0 Å². The van der Waals surface area contributed by atoms with E-state index in [2.05, 4.69) is 0 Å². The van der Waals surface area contributed by atoms with Gasteiger partial charge < -0.3 is 19.1 Å². The lowest BCUT2D eigenvalue weighted by molar-refractivity contribution is 0.0326. The lowest BCUT2D eigenvalue weighted by Gasteiger charge is -2.32. The summed E-state index contributed by atoms with van der Waals surface area (Å²) in [6.07, 6.45) is 1.96. The quantitative estimate of drug-likeness (QED) is 0.691. The van der Waals surface area contributed by atoms with E-state index in [9.17, 15) is 4.79 Å². The van der Waals surface area contributed by atoms with Crippen molar-refractivity contribution in [2.75, 3.05) is 46.6 Å². The van der Waals surface area contributed by atoms with Crippen LogP contribution in [0.25, 0.3) is 0 Å². The third-order valence-corrected chi connectivity index (χ3v) is 4.10. The molecule has 1 aromatic rings. The van der Waals surface area contributed by atoms with Crippen LogP contribution in [0.3, 0.4) is 0 Å². The molecular formula is C18H27NO4. The smallest absolute Gasteiger partial charge is 0.257 e. The molecule has 0 saturated carbocycles. The van der Waals surface area contributed by atoms with Crippen LogP contribution in [-0.4, -0.2) is 57.4 Å². The molecule has 1 amide bonds. The van der Waals surface area contributed by atoms with Crippen molar-refractivity contribution in [1.82, 2.24) is 4.90 Å². The van der Waals surface area contributed by atoms with Crippen LogP contribution in [0.4, 0.5) is 0 Å². The normalized spacial score (nSPS) is 15.7. The minimum Gasteiger partial charge on any atom is -0.493 e. The van der Waals surface area contributed by atoms with Gasteiger partial charge in [-0.05, 0) is 37.8 Å². The number of carbonyl (C=O) groups is 1. The van der Waals surface area contributed by atoms with Gasteiger partial charge in [0.05, 0.1) is 25.4 Å². The molecule has 128 valence electrons. The first-order valence-electron chi connectivity index (χ1n) is 8.34. The Bertz CT molecular complexity index is 484. The molecule has 5 nitrogen and oxygen atoms in total. The topological polar surface area (TPSA) is 48.0 Å². The molecule has 2 rings (SSSR count). The highest BCUT2D eigenvalue weighted by Gasteiger charge is 2.25. The number of hydrogen-bond donors (Lipinski definition) is 0. The Morgan fingerprint density at radius 2 is 1.96 bits per heavy atom. The van der Waals surface area contributed by atoms with Crippen molar-refractivity contribution in [3.05, 3.63) is 29.8 Å². The van der Waals surface area contributed by atoms with Gasteiger partial charge in [-0.25, -0.2) is 0 Å². The van der Waals surface area contributed by atoms with E-state index in [0.717, 1.165) is 32.5 Å². The highest BCUT2D eigenvalue weighted by Crippen LogP contribution is 2.24. The van der Waals surface area contributed by atoms with Crippen LogP contribution in [0.1, 0.15) is 30.1 Å². The number of amides is 1. The van der Waals surface area contributed by atoms with E-state index in [1.165, 1.54) is 0 Å². The molecule has 0 bridgehead atoms. The van der Waals surface area contributed by atoms with Gasteiger partial charge >= 0.3 is 0 Å². The van der Waals surface area contributed by atoms with E-state index in [1.807, 2.05) is 36.1 Å². The maximum absolute atomic E-state index is 12.7. The Balaban J connectivity index is 1.84. The standard InChI is InChI=1S/C18H27NO4/c1-3-23-17-7-5-4-6-16(17)18(20)19-10-8-15(9-11-19)14-22-13-12-21-2/h4-7,15H,3,8-14H2,1-2H3. The molecule has 0 atom stereocenters. The van der Waals surface area contributed by atoms with Crippen LogP contribution in [0.15, 0.2) is 24.3 Å². The summed E-state index contributed by atoms with van der Waals surface area (Å²) in [6.45, 7) is 6.06. The summed E-state index contributed by atoms with van der Waals surface area (Å²) in [5, 5.41) is 0. The average molecular weight is 321 g/mol. The number of para-hydroxylation sites is 1. The van der Waals surface area contributed by atoms with Crippen LogP contribution in [0.2, 0.25) is 0 Å². The molecule has 1 aromatic carbocycles. The van der Waals surface area contributed by atoms with Gasteiger partial charge in [0.1, 0.15) is 5.75 Å². The fraction of sp³-hybridized carbons (Fsp3) is 0.611. The van der Waals surface area contributed by atoms with Gasteiger partial charge in [-0.1, -0.05) is 12.1 Å². The lowest BCUT2D eigenvalue weighted by atomic mass is 9.97. The molecule has 1 heterocycles. The molecule has 23 heavy (non-hydrogen) atoms. The molecule has 0 aromatic heterocycles. The highest BCUT2D eigenvalue weighted by atomic mass is 16.5. The summed E-state index contributed by atoms with van der Waals surface area (Å²) in [6, 6.07) is 7.47. The number of carbonyl (C=O) groups excluding carboxylic acids is 1. The largest absolute Gasteiger partial charge is 0.493 e. The Hall–Kier alpha value is -1.59. The molecular weight excluding hydrogens is 294 g/mol. The van der Waals surface area contributed by atoms with Gasteiger partial charge in [0, 0.05) is 26.8 Å². The summed E-state index contributed by atoms with van der Waals surface area (Å²) < 4.78 is 16.1. The molecule has 1 saturated heterocycles. The highest BCUT2D eigenvalue weighted by molar-refractivity contribution is 5.97. The van der Waals surface area contributed by atoms with E-state index in [0.29, 0.717) is 37.1 Å². The Labute approximate surface area is 138 Å². The van der Waals surface area contributed by atoms with Gasteiger partial charge in [-0.3, -0.25) is 4.79 Å². The number of methoxy groups -OCH3 is 1. The second kappa shape index (κ2) is 9.53. The van der Waals surface area contributed by atoms with Crippen molar-refractivity contribution >= 4 is 5.91 Å². The zero-order chi connectivity index (χ0) is 16.5. The molecule has 0 unspecified atom stereocenters. The van der Waals surface area contributed by atoms with Gasteiger partial charge in [-0.2, -0.15) is 0 Å². The summed E-state index contributed by atoms with van der Waals surface area (Å²) in [4.78, 5) is 14.6. The third kappa shape index (κ3) is 5.22. The third-order valence-electron chi connectivity index (χ3n) is 4.10. The maximum atomic E-state index is 12.7. The molecule has 5 heteroatoms. The summed E-state index contributed by atoms with van der Waals surface area (Å²) in [5.74, 6) is 1.26. The molecule has 0 N–H and O–H groups in total. The van der Waals surface area contributed by atoms with E-state index in [4.69, 9.17) is 14.2 Å². The number of piperidine rings is 1. The number of rotatable bonds is 8. The molecule has 1 fully saturated rings. The van der Waals surface area contributed by atoms with Crippen molar-refractivity contribution in [3.63, 3.8) is 0 Å². The van der Waals surface area contributed by atoms with Gasteiger partial charge in [0.15, 0.2) is 0 Å². The van der Waals surface area contributed by atoms with Gasteiger partial charge in [0.25, 0.3) is 5.91 Å². The molecule has 1 aliphatic rings. The average Bonchev–Trinajstić information content (AvgIpc) is 2.59. The van der Waals surface area contributed by atoms with Crippen molar-refractivity contribution in [2.45, 2.75) is 19.8 Å². The van der Waals surface area contributed by atoms with Crippen molar-refractivity contribution in [2.24, 2.45) is 5.92 Å². The minimum atomic E-state index is 0.0628. The summed E-state index contributed by atoms with van der Waals surface area (Å²) >= 11 is 0. The first-order valence-corrected chi connectivity index (χ1v) is 8.34. The predicted molar refractivity (Wildman–Crippen MR) is 88.9 cm³/mol. The fourth-order valence-electron chi connectivity index (χ4n) is 2.79. The van der Waals surface area contributed by atoms with E-state index in [-0.39, 0.29) is 5.91 Å². The number of nitrogens with zero attached hydrogens (tertiary/aromatic N) is 1. The van der Waals surface area contributed by atoms with Crippen LogP contribution in [-0.2, 0) is 9.47 Å². The Morgan fingerprint density at radius 3 is 2.65 bits per heavy atom. The second-order valence-corrected chi connectivity index (χ2v) is 5.73. The monoisotopic (exact) mass is 321 g/mol. The summed E-state index contributed by atoms with van der Waals surface area (Å²) in [7, 11) is 1.67. The fourth-order valence-corrected chi connectivity index (χ4v) is 2.79. The maximum Gasteiger partial charge on any atom is 0.257 e. The second-order valence-electron chi connectivity index (χ2n) is 5.73. The van der Waals surface area contributed by atoms with Crippen molar-refractivity contribution < 1.29 is 19.0 Å². The molecule has 0 aliphatic carbocycles. The number of ether oxygens (including phenoxy) is 3. The Morgan fingerprint density at radius 1 is 1.22 bits per heavy atom. The zero-order valence-electron chi connectivity index (χ0n) is 14.1. The van der Waals surface area contributed by atoms with Crippen LogP contribution in [0.5, 0.6) is 5.75 Å². The molecule has 0 radical (unpaired) electrons. The van der Waals surface area contributed by atoms with Gasteiger partial charge in [-0.15, -0.1) is 0 Å². The minimum absolute atomic E-state index is 0.0628. The van der Waals surface area contributed by atoms with Crippen LogP contribution < -0.4 is 4.74 Å². The molecule has 1 aliphatic heterocycles. The zero-order valence-corrected chi connectivity index (χ0v) is 14.1. The van der Waals surface area contributed by atoms with Crippen molar-refractivity contribution in [3.8, 4) is 5.75 Å². The first-order chi connectivity index (χ1) is 11.3. The van der Waals surface area contributed by atoms with Crippen LogP contribution >= 0.6 is 0 Å². The van der Waals surface area contributed by atoms with E-state index in [1.54, 1.807) is 7.11 Å². The molecule has 0 spiro atoms. The Kier molecular flexibility index (Phi) is 7.36. The SMILES string of the molecule is CCOc1ccccc1C(=O)N1CCC(COCCOC)CC1. The van der Waals surface area contributed by atoms with E-state index < -0.39 is 0 Å². The lowest BCUT2D eigenvalue weighted by Crippen LogP contribution is -2.39. The first kappa shape index (κ1) is 17.8. The summed E-state index contributed by atoms with van der Waals surface area (Å²) in [5.41, 5.74) is 0.657. The number of likely N-dealkylation sites (tertiary alicyclic amines) is 1.